The summed E-state index contributed by atoms with van der Waals surface area (Å²) in [5.74, 6) is 0.925. The fourth-order valence-corrected chi connectivity index (χ4v) is 3.29. The summed E-state index contributed by atoms with van der Waals surface area (Å²) in [4.78, 5) is 2.47. The molecule has 1 fully saturated rings. The van der Waals surface area contributed by atoms with Crippen molar-refractivity contribution in [1.29, 1.82) is 0 Å². The van der Waals surface area contributed by atoms with Crippen molar-refractivity contribution in [1.82, 2.24) is 14.7 Å². The summed E-state index contributed by atoms with van der Waals surface area (Å²) in [6.07, 6.45) is 4.94. The molecule has 0 aliphatic carbocycles. The first kappa shape index (κ1) is 16.3. The van der Waals surface area contributed by atoms with Gasteiger partial charge >= 0.3 is 0 Å². The van der Waals surface area contributed by atoms with Gasteiger partial charge in [0.2, 0.25) is 0 Å². The highest BCUT2D eigenvalue weighted by Gasteiger charge is 2.29. The molecule has 1 aromatic carbocycles. The van der Waals surface area contributed by atoms with Crippen molar-refractivity contribution < 1.29 is 4.74 Å². The van der Waals surface area contributed by atoms with E-state index in [1.54, 1.807) is 0 Å². The molecule has 0 N–H and O–H groups in total. The van der Waals surface area contributed by atoms with Crippen molar-refractivity contribution in [2.45, 2.75) is 52.1 Å². The molecule has 0 radical (unpaired) electrons. The average molecular weight is 315 g/mol. The highest BCUT2D eigenvalue weighted by atomic mass is 16.5. The Morgan fingerprint density at radius 2 is 2.00 bits per heavy atom. The van der Waals surface area contributed by atoms with Crippen LogP contribution in [0.4, 0.5) is 0 Å². The average Bonchev–Trinajstić information content (AvgIpc) is 2.81. The first-order valence-corrected chi connectivity index (χ1v) is 8.74. The van der Waals surface area contributed by atoms with Crippen LogP contribution in [0.25, 0.3) is 10.9 Å². The molecule has 1 aliphatic heterocycles. The van der Waals surface area contributed by atoms with Crippen molar-refractivity contribution in [3.05, 3.63) is 23.9 Å². The number of ether oxygens (including phenoxy) is 1. The van der Waals surface area contributed by atoms with Crippen molar-refractivity contribution in [2.75, 3.05) is 19.6 Å². The van der Waals surface area contributed by atoms with Gasteiger partial charge in [0.25, 0.3) is 0 Å². The standard InChI is InChI=1S/C19H29N3O/c1-6-7-10-22-11-14(12-22)23-17-9-8-16(19(2,3)4)15-13-21(5)20-18(15)17/h8-9,13-14H,6-7,10-12H2,1-5H3. The molecule has 1 aromatic heterocycles. The maximum absolute atomic E-state index is 6.24. The zero-order chi connectivity index (χ0) is 16.6. The largest absolute Gasteiger partial charge is 0.485 e. The Labute approximate surface area is 139 Å². The number of nitrogens with zero attached hydrogens (tertiary/aromatic N) is 3. The second-order valence-electron chi connectivity index (χ2n) is 7.78. The predicted molar refractivity (Wildman–Crippen MR) is 95.2 cm³/mol. The Kier molecular flexibility index (Phi) is 4.37. The van der Waals surface area contributed by atoms with E-state index in [1.807, 2.05) is 11.7 Å². The van der Waals surface area contributed by atoms with E-state index in [2.05, 4.69) is 56.0 Å². The Morgan fingerprint density at radius 1 is 1.26 bits per heavy atom. The minimum Gasteiger partial charge on any atom is -0.485 e. The number of aromatic nitrogens is 2. The van der Waals surface area contributed by atoms with Gasteiger partial charge in [0.05, 0.1) is 0 Å². The summed E-state index contributed by atoms with van der Waals surface area (Å²) in [7, 11) is 1.98. The molecule has 2 aromatic rings. The third kappa shape index (κ3) is 3.37. The molecular weight excluding hydrogens is 286 g/mol. The first-order valence-electron chi connectivity index (χ1n) is 8.74. The summed E-state index contributed by atoms with van der Waals surface area (Å²) in [6.45, 7) is 12.2. The molecule has 0 bridgehead atoms. The molecule has 4 nitrogen and oxygen atoms in total. The molecule has 1 aliphatic rings. The SMILES string of the molecule is CCCCN1CC(Oc2ccc(C(C)(C)C)c3cn(C)nc23)C1. The molecule has 0 spiro atoms. The van der Waals surface area contributed by atoms with E-state index in [9.17, 15) is 0 Å². The third-order valence-corrected chi connectivity index (χ3v) is 4.61. The molecule has 3 rings (SSSR count). The predicted octanol–water partition coefficient (Wildman–Crippen LogP) is 3.73. The van der Waals surface area contributed by atoms with Crippen LogP contribution < -0.4 is 4.74 Å². The third-order valence-electron chi connectivity index (χ3n) is 4.61. The second kappa shape index (κ2) is 6.16. The topological polar surface area (TPSA) is 30.3 Å². The van der Waals surface area contributed by atoms with Crippen molar-refractivity contribution in [3.8, 4) is 5.75 Å². The van der Waals surface area contributed by atoms with Gasteiger partial charge in [-0.05, 0) is 30.0 Å². The van der Waals surface area contributed by atoms with Crippen LogP contribution in [-0.4, -0.2) is 40.4 Å². The zero-order valence-corrected chi connectivity index (χ0v) is 15.1. The molecule has 1 saturated heterocycles. The van der Waals surface area contributed by atoms with E-state index in [0.717, 1.165) is 24.4 Å². The van der Waals surface area contributed by atoms with E-state index < -0.39 is 0 Å². The van der Waals surface area contributed by atoms with E-state index in [-0.39, 0.29) is 5.41 Å². The van der Waals surface area contributed by atoms with E-state index in [0.29, 0.717) is 6.10 Å². The van der Waals surface area contributed by atoms with E-state index in [4.69, 9.17) is 4.74 Å². The van der Waals surface area contributed by atoms with Gasteiger partial charge in [0.1, 0.15) is 17.4 Å². The Balaban J connectivity index is 1.78. The number of fused-ring (bicyclic) bond motifs is 1. The van der Waals surface area contributed by atoms with Crippen LogP contribution in [0.3, 0.4) is 0 Å². The number of likely N-dealkylation sites (tertiary alicyclic amines) is 1. The van der Waals surface area contributed by atoms with Crippen LogP contribution in [0.5, 0.6) is 5.75 Å². The molecule has 2 heterocycles. The molecule has 0 amide bonds. The van der Waals surface area contributed by atoms with Gasteiger partial charge < -0.3 is 4.74 Å². The summed E-state index contributed by atoms with van der Waals surface area (Å²) < 4.78 is 8.13. The molecule has 0 unspecified atom stereocenters. The second-order valence-corrected chi connectivity index (χ2v) is 7.78. The quantitative estimate of drug-likeness (QED) is 0.842. The van der Waals surface area contributed by atoms with Crippen molar-refractivity contribution in [3.63, 3.8) is 0 Å². The summed E-state index contributed by atoms with van der Waals surface area (Å²) in [5.41, 5.74) is 2.42. The van der Waals surface area contributed by atoms with Crippen molar-refractivity contribution in [2.24, 2.45) is 7.05 Å². The smallest absolute Gasteiger partial charge is 0.147 e. The minimum absolute atomic E-state index is 0.104. The summed E-state index contributed by atoms with van der Waals surface area (Å²) in [5, 5.41) is 5.85. The lowest BCUT2D eigenvalue weighted by atomic mass is 9.85. The van der Waals surface area contributed by atoms with Crippen LogP contribution in [0.1, 0.15) is 46.1 Å². The van der Waals surface area contributed by atoms with Crippen LogP contribution in [0, 0.1) is 0 Å². The number of hydrogen-bond acceptors (Lipinski definition) is 3. The molecule has 4 heteroatoms. The van der Waals surface area contributed by atoms with Gasteiger partial charge in [0.15, 0.2) is 0 Å². The molecule has 0 saturated carbocycles. The normalized spacial score (nSPS) is 16.7. The Hall–Kier alpha value is -1.55. The highest BCUT2D eigenvalue weighted by molar-refractivity contribution is 5.88. The fourth-order valence-electron chi connectivity index (χ4n) is 3.29. The lowest BCUT2D eigenvalue weighted by Gasteiger charge is -2.39. The molecular formula is C19H29N3O. The lowest BCUT2D eigenvalue weighted by Crippen LogP contribution is -2.53. The van der Waals surface area contributed by atoms with Gasteiger partial charge in [0, 0.05) is 31.7 Å². The number of benzene rings is 1. The first-order chi connectivity index (χ1) is 10.9. The van der Waals surface area contributed by atoms with Gasteiger partial charge in [-0.25, -0.2) is 0 Å². The van der Waals surface area contributed by atoms with Gasteiger partial charge in [-0.1, -0.05) is 40.2 Å². The monoisotopic (exact) mass is 315 g/mol. The summed E-state index contributed by atoms with van der Waals surface area (Å²) in [6, 6.07) is 4.30. The maximum atomic E-state index is 6.24. The fraction of sp³-hybridized carbons (Fsp3) is 0.632. The molecule has 0 atom stereocenters. The van der Waals surface area contributed by atoms with Gasteiger partial charge in [-0.2, -0.15) is 5.10 Å². The molecule has 23 heavy (non-hydrogen) atoms. The summed E-state index contributed by atoms with van der Waals surface area (Å²) >= 11 is 0. The zero-order valence-electron chi connectivity index (χ0n) is 15.1. The van der Waals surface area contributed by atoms with Crippen LogP contribution in [0.15, 0.2) is 18.3 Å². The number of rotatable bonds is 5. The minimum atomic E-state index is 0.104. The Morgan fingerprint density at radius 3 is 2.65 bits per heavy atom. The van der Waals surface area contributed by atoms with Crippen molar-refractivity contribution >= 4 is 10.9 Å². The number of unbranched alkanes of at least 4 members (excludes halogenated alkanes) is 1. The maximum Gasteiger partial charge on any atom is 0.147 e. The van der Waals surface area contributed by atoms with E-state index in [1.165, 1.54) is 30.3 Å². The van der Waals surface area contributed by atoms with E-state index >= 15 is 0 Å². The number of aryl methyl sites for hydroxylation is 1. The van der Waals surface area contributed by atoms with Crippen LogP contribution >= 0.6 is 0 Å². The lowest BCUT2D eigenvalue weighted by molar-refractivity contribution is 0.0201. The Bertz CT molecular complexity index is 678. The number of hydrogen-bond donors (Lipinski definition) is 0. The molecule has 126 valence electrons. The van der Waals surface area contributed by atoms with Crippen LogP contribution in [0.2, 0.25) is 0 Å². The van der Waals surface area contributed by atoms with Crippen LogP contribution in [-0.2, 0) is 12.5 Å². The van der Waals surface area contributed by atoms with Gasteiger partial charge in [-0.3, -0.25) is 9.58 Å². The highest BCUT2D eigenvalue weighted by Crippen LogP contribution is 2.35. The van der Waals surface area contributed by atoms with Gasteiger partial charge in [-0.15, -0.1) is 0 Å².